The Bertz CT molecular complexity index is 374. The fourth-order valence-corrected chi connectivity index (χ4v) is 0.960. The number of rotatable bonds is 2. The highest BCUT2D eigenvalue weighted by molar-refractivity contribution is 5.95. The summed E-state index contributed by atoms with van der Waals surface area (Å²) in [5.74, 6) is -1.43. The zero-order valence-electron chi connectivity index (χ0n) is 6.91. The van der Waals surface area contributed by atoms with Crippen LogP contribution in [-0.4, -0.2) is 21.2 Å². The molecule has 0 radical (unpaired) electrons. The van der Waals surface area contributed by atoms with Crippen molar-refractivity contribution in [1.29, 1.82) is 0 Å². The van der Waals surface area contributed by atoms with Crippen LogP contribution in [0.25, 0.3) is 0 Å². The lowest BCUT2D eigenvalue weighted by molar-refractivity contribution is -0.0426. The SMILES string of the molecule is O=NC(=O)c1cc(O)cc(C(O)O)c1. The van der Waals surface area contributed by atoms with E-state index in [1.807, 2.05) is 0 Å². The highest BCUT2D eigenvalue weighted by Gasteiger charge is 2.11. The average molecular weight is 197 g/mol. The molecule has 14 heavy (non-hydrogen) atoms. The number of nitrogens with zero attached hydrogens (tertiary/aromatic N) is 1. The Labute approximate surface area is 78.4 Å². The Morgan fingerprint density at radius 1 is 1.29 bits per heavy atom. The van der Waals surface area contributed by atoms with Gasteiger partial charge in [-0.2, -0.15) is 0 Å². The normalized spacial score (nSPS) is 10.2. The number of carbonyl (C=O) groups excluding carboxylic acids is 1. The third-order valence-electron chi connectivity index (χ3n) is 1.57. The van der Waals surface area contributed by atoms with E-state index in [9.17, 15) is 9.70 Å². The van der Waals surface area contributed by atoms with Crippen LogP contribution >= 0.6 is 0 Å². The Hall–Kier alpha value is -1.79. The summed E-state index contributed by atoms with van der Waals surface area (Å²) < 4.78 is 0. The van der Waals surface area contributed by atoms with E-state index in [0.717, 1.165) is 18.2 Å². The van der Waals surface area contributed by atoms with Crippen LogP contribution in [0.4, 0.5) is 0 Å². The molecule has 6 heteroatoms. The molecule has 1 rings (SSSR count). The number of aliphatic hydroxyl groups is 2. The van der Waals surface area contributed by atoms with E-state index < -0.39 is 12.2 Å². The highest BCUT2D eigenvalue weighted by Crippen LogP contribution is 2.20. The van der Waals surface area contributed by atoms with Crippen molar-refractivity contribution >= 4 is 5.91 Å². The minimum Gasteiger partial charge on any atom is -0.508 e. The number of carbonyl (C=O) groups is 1. The van der Waals surface area contributed by atoms with Crippen molar-refractivity contribution in [2.75, 3.05) is 0 Å². The fourth-order valence-electron chi connectivity index (χ4n) is 0.960. The summed E-state index contributed by atoms with van der Waals surface area (Å²) >= 11 is 0. The van der Waals surface area contributed by atoms with Crippen molar-refractivity contribution in [2.24, 2.45) is 5.18 Å². The Balaban J connectivity index is 3.19. The summed E-state index contributed by atoms with van der Waals surface area (Å²) in [4.78, 5) is 20.7. The van der Waals surface area contributed by atoms with Gasteiger partial charge in [0, 0.05) is 16.3 Å². The standard InChI is InChI=1S/C8H7NO5/c10-6-2-4(7(11)9-14)1-5(3-6)8(12)13/h1-3,8,10,12-13H. The van der Waals surface area contributed by atoms with E-state index in [1.165, 1.54) is 0 Å². The van der Waals surface area contributed by atoms with E-state index >= 15 is 0 Å². The van der Waals surface area contributed by atoms with Crippen LogP contribution in [0.2, 0.25) is 0 Å². The molecule has 6 nitrogen and oxygen atoms in total. The predicted octanol–water partition coefficient (Wildman–Crippen LogP) is 0.282. The third-order valence-corrected chi connectivity index (χ3v) is 1.57. The van der Waals surface area contributed by atoms with Gasteiger partial charge >= 0.3 is 5.91 Å². The van der Waals surface area contributed by atoms with E-state index in [1.54, 1.807) is 0 Å². The largest absolute Gasteiger partial charge is 0.508 e. The first kappa shape index (κ1) is 10.3. The topological polar surface area (TPSA) is 107 Å². The van der Waals surface area contributed by atoms with Gasteiger partial charge in [0.25, 0.3) is 0 Å². The molecule has 0 saturated carbocycles. The lowest BCUT2D eigenvalue weighted by atomic mass is 10.1. The van der Waals surface area contributed by atoms with Crippen molar-refractivity contribution in [3.8, 4) is 5.75 Å². The van der Waals surface area contributed by atoms with E-state index in [-0.39, 0.29) is 16.9 Å². The molecular formula is C8H7NO5. The minimum absolute atomic E-state index is 0.0861. The van der Waals surface area contributed by atoms with Crippen molar-refractivity contribution in [3.05, 3.63) is 34.2 Å². The number of phenols is 1. The first-order valence-corrected chi connectivity index (χ1v) is 3.62. The maximum atomic E-state index is 10.8. The lowest BCUT2D eigenvalue weighted by Crippen LogP contribution is -1.99. The quantitative estimate of drug-likeness (QED) is 0.466. The van der Waals surface area contributed by atoms with Crippen molar-refractivity contribution < 1.29 is 20.1 Å². The van der Waals surface area contributed by atoms with Gasteiger partial charge in [0.1, 0.15) is 5.75 Å². The van der Waals surface area contributed by atoms with Crippen LogP contribution in [0.3, 0.4) is 0 Å². The molecule has 3 N–H and O–H groups in total. The van der Waals surface area contributed by atoms with Gasteiger partial charge in [0.15, 0.2) is 6.29 Å². The summed E-state index contributed by atoms with van der Waals surface area (Å²) in [5, 5.41) is 28.7. The zero-order chi connectivity index (χ0) is 10.7. The molecule has 0 fully saturated rings. The molecule has 1 amide bonds. The molecule has 0 atom stereocenters. The smallest absolute Gasteiger partial charge is 0.316 e. The molecule has 0 aliphatic heterocycles. The van der Waals surface area contributed by atoms with Crippen LogP contribution in [0.1, 0.15) is 22.2 Å². The molecule has 0 heterocycles. The van der Waals surface area contributed by atoms with Crippen LogP contribution in [-0.2, 0) is 0 Å². The summed E-state index contributed by atoms with van der Waals surface area (Å²) in [7, 11) is 0. The molecule has 0 saturated heterocycles. The molecule has 0 aliphatic carbocycles. The first-order valence-electron chi connectivity index (χ1n) is 3.62. The maximum Gasteiger partial charge on any atom is 0.316 e. The first-order chi connectivity index (χ1) is 6.54. The Kier molecular flexibility index (Phi) is 2.90. The van der Waals surface area contributed by atoms with Gasteiger partial charge in [-0.25, -0.2) is 0 Å². The Morgan fingerprint density at radius 3 is 2.43 bits per heavy atom. The molecular weight excluding hydrogens is 190 g/mol. The van der Waals surface area contributed by atoms with Crippen LogP contribution in [0, 0.1) is 4.91 Å². The molecule has 1 aromatic rings. The van der Waals surface area contributed by atoms with Gasteiger partial charge in [0.2, 0.25) is 0 Å². The maximum absolute atomic E-state index is 10.8. The second-order valence-electron chi connectivity index (χ2n) is 2.58. The number of amides is 1. The Morgan fingerprint density at radius 2 is 1.93 bits per heavy atom. The van der Waals surface area contributed by atoms with Gasteiger partial charge in [0.05, 0.1) is 0 Å². The van der Waals surface area contributed by atoms with Crippen molar-refractivity contribution in [1.82, 2.24) is 0 Å². The molecule has 74 valence electrons. The van der Waals surface area contributed by atoms with Crippen LogP contribution < -0.4 is 0 Å². The number of aliphatic hydroxyl groups excluding tert-OH is 1. The second-order valence-corrected chi connectivity index (χ2v) is 2.58. The van der Waals surface area contributed by atoms with E-state index in [2.05, 4.69) is 5.18 Å². The molecule has 0 bridgehead atoms. The van der Waals surface area contributed by atoms with Crippen LogP contribution in [0.15, 0.2) is 23.4 Å². The number of hydrogen-bond acceptors (Lipinski definition) is 5. The van der Waals surface area contributed by atoms with Gasteiger partial charge in [-0.3, -0.25) is 4.79 Å². The summed E-state index contributed by atoms with van der Waals surface area (Å²) in [6.45, 7) is 0. The van der Waals surface area contributed by atoms with Gasteiger partial charge in [-0.05, 0) is 18.2 Å². The monoisotopic (exact) mass is 197 g/mol. The second kappa shape index (κ2) is 3.95. The average Bonchev–Trinajstić information content (AvgIpc) is 2.15. The number of aromatic hydroxyl groups is 1. The van der Waals surface area contributed by atoms with E-state index in [4.69, 9.17) is 15.3 Å². The van der Waals surface area contributed by atoms with Gasteiger partial charge < -0.3 is 15.3 Å². The lowest BCUT2D eigenvalue weighted by Gasteiger charge is -2.05. The van der Waals surface area contributed by atoms with E-state index in [0.29, 0.717) is 0 Å². The predicted molar refractivity (Wildman–Crippen MR) is 45.4 cm³/mol. The molecule has 0 unspecified atom stereocenters. The summed E-state index contributed by atoms with van der Waals surface area (Å²) in [6, 6.07) is 3.13. The summed E-state index contributed by atoms with van der Waals surface area (Å²) in [6.07, 6.45) is -1.82. The van der Waals surface area contributed by atoms with Gasteiger partial charge in [-0.1, -0.05) is 0 Å². The van der Waals surface area contributed by atoms with Crippen molar-refractivity contribution in [2.45, 2.75) is 6.29 Å². The summed E-state index contributed by atoms with van der Waals surface area (Å²) in [5.41, 5.74) is -0.278. The molecule has 1 aromatic carbocycles. The highest BCUT2D eigenvalue weighted by atomic mass is 16.5. The molecule has 0 aliphatic rings. The zero-order valence-corrected chi connectivity index (χ0v) is 6.91. The third kappa shape index (κ3) is 2.12. The minimum atomic E-state index is -1.82. The number of nitroso groups, excluding NO2 is 1. The van der Waals surface area contributed by atoms with Crippen molar-refractivity contribution in [3.63, 3.8) is 0 Å². The number of phenolic OH excluding ortho intramolecular Hbond substituents is 1. The molecule has 0 aromatic heterocycles. The fraction of sp³-hybridized carbons (Fsp3) is 0.125. The molecule has 0 spiro atoms. The number of hydrogen-bond donors (Lipinski definition) is 3. The van der Waals surface area contributed by atoms with Gasteiger partial charge in [-0.15, -0.1) is 4.91 Å². The van der Waals surface area contributed by atoms with Crippen LogP contribution in [0.5, 0.6) is 5.75 Å². The number of benzene rings is 1.